The van der Waals surface area contributed by atoms with Gasteiger partial charge in [0, 0.05) is 0 Å². The van der Waals surface area contributed by atoms with Gasteiger partial charge in [-0.25, -0.2) is 0 Å². The van der Waals surface area contributed by atoms with E-state index in [0.717, 1.165) is 0 Å². The Kier molecular flexibility index (Phi) is 31.4. The summed E-state index contributed by atoms with van der Waals surface area (Å²) in [5.41, 5.74) is 0. The molecule has 0 heterocycles. The van der Waals surface area contributed by atoms with Crippen molar-refractivity contribution in [3.63, 3.8) is 0 Å². The summed E-state index contributed by atoms with van der Waals surface area (Å²) in [7, 11) is 0.494. The van der Waals surface area contributed by atoms with Crippen molar-refractivity contribution in [1.82, 2.24) is 0 Å². The maximum atomic E-state index is 2.43. The van der Waals surface area contributed by atoms with Crippen LogP contribution in [0, 0.1) is 0 Å². The molecule has 0 fully saturated rings. The molecule has 0 bridgehead atoms. The van der Waals surface area contributed by atoms with Crippen molar-refractivity contribution in [1.29, 1.82) is 0 Å². The minimum atomic E-state index is -1.29. The quantitative estimate of drug-likeness (QED) is 0.0489. The van der Waals surface area contributed by atoms with Crippen LogP contribution in [-0.2, 0) is 0 Å². The van der Waals surface area contributed by atoms with Gasteiger partial charge in [-0.05, 0) is 0 Å². The number of rotatable bonds is 29. The summed E-state index contributed by atoms with van der Waals surface area (Å²) in [6.45, 7) is 9.50. The van der Waals surface area contributed by atoms with E-state index in [-0.39, 0.29) is 0 Å². The van der Waals surface area contributed by atoms with Crippen LogP contribution in [0.1, 0.15) is 182 Å². The molecule has 208 valence electrons. The molecule has 0 aromatic rings. The number of hydrogen-bond acceptors (Lipinski definition) is 0. The van der Waals surface area contributed by atoms with Crippen LogP contribution in [0.25, 0.3) is 0 Å². The predicted molar refractivity (Wildman–Crippen MR) is 169 cm³/mol. The van der Waals surface area contributed by atoms with Gasteiger partial charge in [-0.1, -0.05) is 13.8 Å². The van der Waals surface area contributed by atoms with Crippen molar-refractivity contribution in [3.05, 3.63) is 0 Å². The maximum absolute atomic E-state index is 2.43. The monoisotopic (exact) mass is 606 g/mol. The average molecular weight is 606 g/mol. The summed E-state index contributed by atoms with van der Waals surface area (Å²) in [5.74, 6) is 3.38. The van der Waals surface area contributed by atoms with E-state index in [4.69, 9.17) is 0 Å². The number of thiol groups is 1. The second kappa shape index (κ2) is 30.4. The van der Waals surface area contributed by atoms with Crippen LogP contribution in [0.2, 0.25) is 8.87 Å². The Hall–Kier alpha value is 1.15. The molecular formula is C32H70SSn. The molecule has 0 aromatic heterocycles. The molecule has 0 rings (SSSR count). The summed E-state index contributed by atoms with van der Waals surface area (Å²) in [4.78, 5) is 0. The van der Waals surface area contributed by atoms with E-state index < -0.39 is 18.4 Å². The van der Waals surface area contributed by atoms with Crippen molar-refractivity contribution in [2.45, 2.75) is 191 Å². The fraction of sp³-hybridized carbons (Fsp3) is 1.00. The first kappa shape index (κ1) is 35.1. The Balaban J connectivity index is 4.16. The topological polar surface area (TPSA) is 0 Å². The SMILES string of the molecule is CCCCCCCCCCCC[SH](CCCCCCCCCCCC)[SnH]([CH2]CCC)[CH2]CCC. The molecule has 0 aliphatic rings. The molecule has 0 spiro atoms. The van der Waals surface area contributed by atoms with Crippen LogP contribution in [-0.4, -0.2) is 29.9 Å². The van der Waals surface area contributed by atoms with E-state index in [9.17, 15) is 0 Å². The zero-order valence-electron chi connectivity index (χ0n) is 24.8. The second-order valence-electron chi connectivity index (χ2n) is 11.3. The summed E-state index contributed by atoms with van der Waals surface area (Å²) < 4.78 is 3.50. The zero-order valence-corrected chi connectivity index (χ0v) is 29.0. The van der Waals surface area contributed by atoms with Gasteiger partial charge in [0.1, 0.15) is 0 Å². The Morgan fingerprint density at radius 1 is 0.324 bits per heavy atom. The fourth-order valence-electron chi connectivity index (χ4n) is 5.47. The van der Waals surface area contributed by atoms with Crippen LogP contribution < -0.4 is 0 Å². The van der Waals surface area contributed by atoms with E-state index in [1.807, 2.05) is 0 Å². The number of hydrogen-bond donors (Lipinski definition) is 1. The summed E-state index contributed by atoms with van der Waals surface area (Å²) >= 11 is -1.29. The van der Waals surface area contributed by atoms with Crippen molar-refractivity contribution in [2.75, 3.05) is 11.5 Å². The van der Waals surface area contributed by atoms with Crippen molar-refractivity contribution in [2.24, 2.45) is 0 Å². The molecular weight excluding hydrogens is 535 g/mol. The number of unbranched alkanes of at least 4 members (excludes halogenated alkanes) is 20. The minimum absolute atomic E-state index is 0.494. The molecule has 2 heteroatoms. The Labute approximate surface area is 227 Å². The molecule has 0 saturated heterocycles. The third kappa shape index (κ3) is 24.8. The first-order chi connectivity index (χ1) is 16.8. The predicted octanol–water partition coefficient (Wildman–Crippen LogP) is 12.2. The van der Waals surface area contributed by atoms with E-state index in [1.54, 1.807) is 58.9 Å². The molecule has 0 amide bonds. The van der Waals surface area contributed by atoms with Gasteiger partial charge in [-0.15, -0.1) is 0 Å². The van der Waals surface area contributed by atoms with Gasteiger partial charge < -0.3 is 0 Å². The van der Waals surface area contributed by atoms with Gasteiger partial charge >= 0.3 is 215 Å². The molecule has 0 atom stereocenters. The molecule has 0 saturated carbocycles. The Morgan fingerprint density at radius 2 is 0.588 bits per heavy atom. The van der Waals surface area contributed by atoms with Crippen molar-refractivity contribution >= 4 is 26.5 Å². The van der Waals surface area contributed by atoms with Crippen LogP contribution in [0.4, 0.5) is 0 Å². The molecule has 0 aromatic carbocycles. The molecule has 0 aliphatic heterocycles. The molecule has 0 N–H and O–H groups in total. The second-order valence-corrected chi connectivity index (χ2v) is 31.6. The average Bonchev–Trinajstić information content (AvgIpc) is 2.85. The van der Waals surface area contributed by atoms with Gasteiger partial charge in [0.2, 0.25) is 0 Å². The Morgan fingerprint density at radius 3 is 0.882 bits per heavy atom. The first-order valence-electron chi connectivity index (χ1n) is 16.5. The van der Waals surface area contributed by atoms with E-state index in [2.05, 4.69) is 27.7 Å². The Bertz CT molecular complexity index is 327. The van der Waals surface area contributed by atoms with E-state index in [0.29, 0.717) is 8.08 Å². The third-order valence-electron chi connectivity index (χ3n) is 7.90. The van der Waals surface area contributed by atoms with Gasteiger partial charge in [0.25, 0.3) is 0 Å². The van der Waals surface area contributed by atoms with Gasteiger partial charge in [-0.2, -0.15) is 0 Å². The normalized spacial score (nSPS) is 12.1. The summed E-state index contributed by atoms with van der Waals surface area (Å²) in [5, 5.41) is 0. The van der Waals surface area contributed by atoms with Crippen LogP contribution >= 0.6 is 8.08 Å². The molecule has 0 aliphatic carbocycles. The third-order valence-corrected chi connectivity index (χ3v) is 33.6. The molecule has 0 radical (unpaired) electrons. The molecule has 0 nitrogen and oxygen atoms in total. The fourth-order valence-corrected chi connectivity index (χ4v) is 32.3. The van der Waals surface area contributed by atoms with Crippen LogP contribution in [0.5, 0.6) is 0 Å². The standard InChI is InChI=1S/C24H50S.2C4H9.Sn.H/c1-3-5-7-9-11-13-15-17-19-21-23-25-24-22-20-18-16-14-12-10-8-6-4-2;2*1-3-4-2;;/h3-24H2,1-2H3;2*1,3-4H2,2H3;;/q;;;-1;/p+1. The van der Waals surface area contributed by atoms with Crippen molar-refractivity contribution < 1.29 is 0 Å². The van der Waals surface area contributed by atoms with Crippen LogP contribution in [0.3, 0.4) is 0 Å². The molecule has 0 unspecified atom stereocenters. The van der Waals surface area contributed by atoms with E-state index >= 15 is 0 Å². The molecule has 34 heavy (non-hydrogen) atoms. The van der Waals surface area contributed by atoms with E-state index in [1.165, 1.54) is 116 Å². The zero-order chi connectivity index (χ0) is 25.0. The van der Waals surface area contributed by atoms with Crippen LogP contribution in [0.15, 0.2) is 0 Å². The van der Waals surface area contributed by atoms with Gasteiger partial charge in [0.05, 0.1) is 0 Å². The van der Waals surface area contributed by atoms with Gasteiger partial charge in [0.15, 0.2) is 0 Å². The first-order valence-corrected chi connectivity index (χ1v) is 27.4. The summed E-state index contributed by atoms with van der Waals surface area (Å²) in [6.07, 6.45) is 36.0. The van der Waals surface area contributed by atoms with Gasteiger partial charge in [-0.3, -0.25) is 0 Å². The van der Waals surface area contributed by atoms with Crippen molar-refractivity contribution in [3.8, 4) is 0 Å². The summed E-state index contributed by atoms with van der Waals surface area (Å²) in [6, 6.07) is 0.